The molecule has 1 N–H and O–H groups in total. The van der Waals surface area contributed by atoms with E-state index >= 15 is 0 Å². The van der Waals surface area contributed by atoms with E-state index in [-0.39, 0.29) is 11.6 Å². The van der Waals surface area contributed by atoms with Crippen molar-refractivity contribution in [2.24, 2.45) is 0 Å². The molecule has 0 unspecified atom stereocenters. The van der Waals surface area contributed by atoms with Crippen molar-refractivity contribution in [3.63, 3.8) is 0 Å². The summed E-state index contributed by atoms with van der Waals surface area (Å²) in [6.45, 7) is 4.11. The third-order valence-electron chi connectivity index (χ3n) is 2.67. The van der Waals surface area contributed by atoms with Gasteiger partial charge in [-0.05, 0) is 19.9 Å². The Morgan fingerprint density at radius 1 is 1.29 bits per heavy atom. The van der Waals surface area contributed by atoms with Gasteiger partial charge in [0.1, 0.15) is 6.33 Å². The molecule has 0 saturated carbocycles. The quantitative estimate of drug-likeness (QED) is 0.784. The number of nitrogens with one attached hydrogen (secondary N) is 1. The van der Waals surface area contributed by atoms with Gasteiger partial charge in [-0.3, -0.25) is 15.2 Å². The number of anilines is 2. The Balaban J connectivity index is 2.40. The van der Waals surface area contributed by atoms with Crippen molar-refractivity contribution in [1.82, 2.24) is 15.0 Å². The zero-order valence-corrected chi connectivity index (χ0v) is 9.51. The van der Waals surface area contributed by atoms with Gasteiger partial charge in [-0.15, -0.1) is 0 Å². The Morgan fingerprint density at radius 2 is 2.12 bits per heavy atom. The summed E-state index contributed by atoms with van der Waals surface area (Å²) in [6, 6.07) is 3.39. The van der Waals surface area contributed by atoms with Crippen molar-refractivity contribution in [3.05, 3.63) is 28.8 Å². The summed E-state index contributed by atoms with van der Waals surface area (Å²) in [6.07, 6.45) is 1.43. The van der Waals surface area contributed by atoms with Gasteiger partial charge in [0.25, 0.3) is 5.56 Å². The standard InChI is InChI=1S/C11H11N5O/c1-6(2)16-11-9-7(15-16)3-4-8(17)14-10(9)12-5-13-11/h3-6,15H,1-2H3. The van der Waals surface area contributed by atoms with Crippen LogP contribution in [-0.2, 0) is 0 Å². The predicted molar refractivity (Wildman–Crippen MR) is 64.8 cm³/mol. The van der Waals surface area contributed by atoms with Crippen molar-refractivity contribution in [2.75, 3.05) is 10.4 Å². The molecule has 17 heavy (non-hydrogen) atoms. The van der Waals surface area contributed by atoms with Crippen LogP contribution in [0.5, 0.6) is 0 Å². The molecule has 0 aromatic carbocycles. The van der Waals surface area contributed by atoms with E-state index in [1.165, 1.54) is 12.4 Å². The Morgan fingerprint density at radius 3 is 2.88 bits per heavy atom. The Bertz CT molecular complexity index is 655. The average Bonchev–Trinajstić information content (AvgIpc) is 2.58. The van der Waals surface area contributed by atoms with E-state index < -0.39 is 0 Å². The second-order valence-corrected chi connectivity index (χ2v) is 4.17. The molecule has 0 atom stereocenters. The van der Waals surface area contributed by atoms with Crippen LogP contribution >= 0.6 is 0 Å². The predicted octanol–water partition coefficient (Wildman–Crippen LogP) is 0.940. The summed E-state index contributed by atoms with van der Waals surface area (Å²) < 4.78 is 0. The topological polar surface area (TPSA) is 71.0 Å². The van der Waals surface area contributed by atoms with Gasteiger partial charge in [0, 0.05) is 12.1 Å². The first kappa shape index (κ1) is 9.95. The maximum absolute atomic E-state index is 11.4. The molecule has 6 heteroatoms. The van der Waals surface area contributed by atoms with E-state index in [0.717, 1.165) is 16.9 Å². The maximum atomic E-state index is 11.4. The first-order valence-electron chi connectivity index (χ1n) is 5.39. The molecule has 3 heterocycles. The molecular formula is C11H11N5O. The Hall–Kier alpha value is -2.24. The molecule has 3 rings (SSSR count). The van der Waals surface area contributed by atoms with E-state index in [4.69, 9.17) is 0 Å². The number of hydrogen-bond acceptors (Lipinski definition) is 6. The first-order valence-corrected chi connectivity index (χ1v) is 5.39. The average molecular weight is 229 g/mol. The molecular weight excluding hydrogens is 218 g/mol. The third-order valence-corrected chi connectivity index (χ3v) is 2.67. The van der Waals surface area contributed by atoms with E-state index in [1.54, 1.807) is 6.07 Å². The number of aromatic nitrogens is 3. The van der Waals surface area contributed by atoms with Crippen molar-refractivity contribution >= 4 is 22.5 Å². The summed E-state index contributed by atoms with van der Waals surface area (Å²) in [4.78, 5) is 23.6. The zero-order chi connectivity index (χ0) is 12.0. The monoisotopic (exact) mass is 229 g/mol. The van der Waals surface area contributed by atoms with Crippen LogP contribution in [0.25, 0.3) is 11.0 Å². The van der Waals surface area contributed by atoms with Crippen molar-refractivity contribution in [1.29, 1.82) is 0 Å². The summed E-state index contributed by atoms with van der Waals surface area (Å²) in [5.74, 6) is 0.767. The minimum Gasteiger partial charge on any atom is -0.296 e. The maximum Gasteiger partial charge on any atom is 0.271 e. The Kier molecular flexibility index (Phi) is 1.98. The summed E-state index contributed by atoms with van der Waals surface area (Å²) in [5.41, 5.74) is 4.15. The fourth-order valence-electron chi connectivity index (χ4n) is 1.90. The molecule has 2 aromatic heterocycles. The van der Waals surface area contributed by atoms with Crippen LogP contribution in [0.15, 0.2) is 23.3 Å². The van der Waals surface area contributed by atoms with Gasteiger partial charge in [0.2, 0.25) is 0 Å². The number of hydrazine groups is 1. The second kappa shape index (κ2) is 3.38. The van der Waals surface area contributed by atoms with Crippen LogP contribution in [0.3, 0.4) is 0 Å². The van der Waals surface area contributed by atoms with Crippen molar-refractivity contribution in [3.8, 4) is 0 Å². The molecule has 0 aliphatic carbocycles. The molecule has 2 aromatic rings. The van der Waals surface area contributed by atoms with Crippen LogP contribution in [0.4, 0.5) is 11.5 Å². The molecule has 0 spiro atoms. The smallest absolute Gasteiger partial charge is 0.271 e. The first-order chi connectivity index (χ1) is 8.16. The fourth-order valence-corrected chi connectivity index (χ4v) is 1.90. The van der Waals surface area contributed by atoms with Gasteiger partial charge >= 0.3 is 0 Å². The zero-order valence-electron chi connectivity index (χ0n) is 9.51. The van der Waals surface area contributed by atoms with E-state index in [0.29, 0.717) is 5.65 Å². The van der Waals surface area contributed by atoms with Gasteiger partial charge in [0.05, 0.1) is 11.1 Å². The van der Waals surface area contributed by atoms with Gasteiger partial charge in [-0.2, -0.15) is 4.98 Å². The fraction of sp³-hybridized carbons (Fsp3) is 0.273. The molecule has 1 aliphatic rings. The highest BCUT2D eigenvalue weighted by atomic mass is 16.1. The molecule has 0 fully saturated rings. The lowest BCUT2D eigenvalue weighted by molar-refractivity contribution is 0.746. The van der Waals surface area contributed by atoms with Crippen LogP contribution in [0.1, 0.15) is 13.8 Å². The molecule has 6 nitrogen and oxygen atoms in total. The highest BCUT2D eigenvalue weighted by Gasteiger charge is 2.24. The molecule has 86 valence electrons. The highest BCUT2D eigenvalue weighted by Crippen LogP contribution is 2.34. The van der Waals surface area contributed by atoms with E-state index in [1.807, 2.05) is 5.01 Å². The van der Waals surface area contributed by atoms with Crippen LogP contribution in [0, 0.1) is 0 Å². The highest BCUT2D eigenvalue weighted by molar-refractivity contribution is 6.01. The minimum atomic E-state index is -0.300. The van der Waals surface area contributed by atoms with Crippen LogP contribution < -0.4 is 16.0 Å². The van der Waals surface area contributed by atoms with Gasteiger partial charge in [-0.25, -0.2) is 9.97 Å². The van der Waals surface area contributed by atoms with Gasteiger partial charge in [-0.1, -0.05) is 0 Å². The number of nitrogens with zero attached hydrogens (tertiary/aromatic N) is 4. The van der Waals surface area contributed by atoms with Gasteiger partial charge in [0.15, 0.2) is 11.5 Å². The SMILES string of the molecule is CC(C)N1Nc2ccc(=O)nc3ncnc1c23. The van der Waals surface area contributed by atoms with Crippen molar-refractivity contribution < 1.29 is 0 Å². The normalized spacial score (nSPS) is 13.2. The molecule has 1 aliphatic heterocycles. The minimum absolute atomic E-state index is 0.248. The molecule has 0 amide bonds. The number of rotatable bonds is 1. The molecule has 0 saturated heterocycles. The van der Waals surface area contributed by atoms with Crippen LogP contribution in [0.2, 0.25) is 0 Å². The molecule has 0 radical (unpaired) electrons. The van der Waals surface area contributed by atoms with E-state index in [9.17, 15) is 4.79 Å². The summed E-state index contributed by atoms with van der Waals surface area (Å²) in [5, 5.41) is 2.73. The molecule has 0 bridgehead atoms. The lowest BCUT2D eigenvalue weighted by Gasteiger charge is -2.23. The summed E-state index contributed by atoms with van der Waals surface area (Å²) in [7, 11) is 0. The lowest BCUT2D eigenvalue weighted by atomic mass is 10.3. The number of hydrogen-bond donors (Lipinski definition) is 1. The largest absolute Gasteiger partial charge is 0.296 e. The van der Waals surface area contributed by atoms with Crippen molar-refractivity contribution in [2.45, 2.75) is 19.9 Å². The van der Waals surface area contributed by atoms with E-state index in [2.05, 4.69) is 34.2 Å². The Labute approximate surface area is 97.3 Å². The van der Waals surface area contributed by atoms with Gasteiger partial charge < -0.3 is 0 Å². The lowest BCUT2D eigenvalue weighted by Crippen LogP contribution is -2.33. The third kappa shape index (κ3) is 1.41. The second-order valence-electron chi connectivity index (χ2n) is 4.17. The van der Waals surface area contributed by atoms with Crippen LogP contribution in [-0.4, -0.2) is 21.0 Å². The summed E-state index contributed by atoms with van der Waals surface area (Å²) >= 11 is 0.